The van der Waals surface area contributed by atoms with Crippen molar-refractivity contribution in [2.75, 3.05) is 49.1 Å². The van der Waals surface area contributed by atoms with Gasteiger partial charge in [-0.15, -0.1) is 0 Å². The number of nitrogens with zero attached hydrogens (tertiary/aromatic N) is 1. The van der Waals surface area contributed by atoms with E-state index < -0.39 is 5.91 Å². The highest BCUT2D eigenvalue weighted by molar-refractivity contribution is 5.97. The molecule has 2 aromatic rings. The van der Waals surface area contributed by atoms with Gasteiger partial charge in [0.15, 0.2) is 11.5 Å². The lowest BCUT2D eigenvalue weighted by molar-refractivity contribution is -0.129. The van der Waals surface area contributed by atoms with Crippen molar-refractivity contribution < 1.29 is 33.3 Å². The Morgan fingerprint density at radius 1 is 0.839 bits per heavy atom. The Bertz CT molecular complexity index is 908. The monoisotopic (exact) mass is 432 g/mol. The van der Waals surface area contributed by atoms with E-state index in [1.807, 2.05) is 0 Å². The number of rotatable bonds is 10. The van der Waals surface area contributed by atoms with Crippen LogP contribution in [0.4, 0.5) is 0 Å². The zero-order chi connectivity index (χ0) is 23.0. The third kappa shape index (κ3) is 5.71. The molecule has 0 saturated carbocycles. The average Bonchev–Trinajstić information content (AvgIpc) is 2.80. The van der Waals surface area contributed by atoms with Gasteiger partial charge in [-0.25, -0.2) is 0 Å². The minimum absolute atomic E-state index is 0.176. The number of hydrogen-bond acceptors (Lipinski definition) is 7. The third-order valence-corrected chi connectivity index (χ3v) is 4.63. The molecule has 9 heteroatoms. The molecular weight excluding hydrogens is 404 g/mol. The van der Waals surface area contributed by atoms with Crippen molar-refractivity contribution in [3.8, 4) is 28.7 Å². The topological polar surface area (TPSA) is 95.6 Å². The lowest BCUT2D eigenvalue weighted by atomic mass is 10.1. The van der Waals surface area contributed by atoms with Crippen LogP contribution in [0.25, 0.3) is 0 Å². The maximum absolute atomic E-state index is 12.6. The number of ether oxygens (including phenoxy) is 5. The van der Waals surface area contributed by atoms with Crippen LogP contribution in [0.1, 0.15) is 15.9 Å². The zero-order valence-corrected chi connectivity index (χ0v) is 18.6. The SMILES string of the molecule is COc1cc(OC)cc(C(=O)NCC(=O)N(C)Cc2ccc(OC)c(OC)c2OC)c1. The second-order valence-corrected chi connectivity index (χ2v) is 6.53. The fraction of sp³-hybridized carbons (Fsp3) is 0.364. The average molecular weight is 432 g/mol. The van der Waals surface area contributed by atoms with Crippen molar-refractivity contribution >= 4 is 11.8 Å². The second-order valence-electron chi connectivity index (χ2n) is 6.53. The van der Waals surface area contributed by atoms with Crippen molar-refractivity contribution in [2.24, 2.45) is 0 Å². The van der Waals surface area contributed by atoms with E-state index in [2.05, 4.69) is 5.32 Å². The summed E-state index contributed by atoms with van der Waals surface area (Å²) in [5, 5.41) is 2.62. The first-order chi connectivity index (χ1) is 14.9. The second kappa shape index (κ2) is 11.0. The van der Waals surface area contributed by atoms with Crippen LogP contribution in [0.15, 0.2) is 30.3 Å². The number of carbonyl (C=O) groups excluding carboxylic acids is 2. The molecule has 0 unspecified atom stereocenters. The molecule has 2 amide bonds. The van der Waals surface area contributed by atoms with Gasteiger partial charge in [0.1, 0.15) is 11.5 Å². The van der Waals surface area contributed by atoms with E-state index in [4.69, 9.17) is 23.7 Å². The van der Waals surface area contributed by atoms with Gasteiger partial charge < -0.3 is 33.9 Å². The Balaban J connectivity index is 2.06. The molecule has 31 heavy (non-hydrogen) atoms. The van der Waals surface area contributed by atoms with Crippen molar-refractivity contribution in [3.05, 3.63) is 41.5 Å². The van der Waals surface area contributed by atoms with Crippen molar-refractivity contribution in [1.82, 2.24) is 10.2 Å². The molecule has 0 aliphatic rings. The quantitative estimate of drug-likeness (QED) is 0.614. The maximum Gasteiger partial charge on any atom is 0.251 e. The van der Waals surface area contributed by atoms with Crippen LogP contribution in [-0.2, 0) is 11.3 Å². The number of nitrogens with one attached hydrogen (secondary N) is 1. The Labute approximate surface area is 181 Å². The molecule has 9 nitrogen and oxygen atoms in total. The van der Waals surface area contributed by atoms with E-state index in [1.54, 1.807) is 37.4 Å². The predicted octanol–water partition coefficient (Wildman–Crippen LogP) is 2.12. The number of benzene rings is 2. The molecule has 168 valence electrons. The largest absolute Gasteiger partial charge is 0.497 e. The molecular formula is C22H28N2O7. The van der Waals surface area contributed by atoms with Crippen molar-refractivity contribution in [1.29, 1.82) is 0 Å². The zero-order valence-electron chi connectivity index (χ0n) is 18.6. The first-order valence-electron chi connectivity index (χ1n) is 9.41. The van der Waals surface area contributed by atoms with E-state index in [1.165, 1.54) is 40.4 Å². The van der Waals surface area contributed by atoms with Gasteiger partial charge in [0.05, 0.1) is 42.1 Å². The molecule has 0 aliphatic heterocycles. The van der Waals surface area contributed by atoms with Gasteiger partial charge in [0.2, 0.25) is 11.7 Å². The lowest BCUT2D eigenvalue weighted by Gasteiger charge is -2.21. The molecule has 0 aliphatic carbocycles. The van der Waals surface area contributed by atoms with Crippen LogP contribution >= 0.6 is 0 Å². The summed E-state index contributed by atoms with van der Waals surface area (Å²) in [6.45, 7) is 0.0790. The number of likely N-dealkylation sites (N-methyl/N-ethyl adjacent to an activating group) is 1. The number of amides is 2. The molecule has 0 bridgehead atoms. The summed E-state index contributed by atoms with van der Waals surface area (Å²) in [6, 6.07) is 8.34. The van der Waals surface area contributed by atoms with Crippen LogP contribution in [0.5, 0.6) is 28.7 Å². The molecule has 2 aromatic carbocycles. The smallest absolute Gasteiger partial charge is 0.251 e. The Morgan fingerprint density at radius 3 is 1.97 bits per heavy atom. The van der Waals surface area contributed by atoms with Gasteiger partial charge >= 0.3 is 0 Å². The first-order valence-corrected chi connectivity index (χ1v) is 9.41. The summed E-state index contributed by atoms with van der Waals surface area (Å²) in [6.07, 6.45) is 0. The predicted molar refractivity (Wildman–Crippen MR) is 114 cm³/mol. The molecule has 0 atom stereocenters. The Hall–Kier alpha value is -3.62. The van der Waals surface area contributed by atoms with E-state index in [0.29, 0.717) is 34.3 Å². The number of hydrogen-bond donors (Lipinski definition) is 1. The summed E-state index contributed by atoms with van der Waals surface area (Å²) in [7, 11) is 9.20. The van der Waals surface area contributed by atoms with Crippen LogP contribution in [-0.4, -0.2) is 65.9 Å². The molecule has 0 fully saturated rings. The summed E-state index contributed by atoms with van der Waals surface area (Å²) in [5.74, 6) is 1.72. The van der Waals surface area contributed by atoms with Crippen molar-refractivity contribution in [3.63, 3.8) is 0 Å². The first kappa shape index (κ1) is 23.7. The summed E-state index contributed by atoms with van der Waals surface area (Å²) in [4.78, 5) is 26.5. The lowest BCUT2D eigenvalue weighted by Crippen LogP contribution is -2.37. The molecule has 0 spiro atoms. The van der Waals surface area contributed by atoms with Gasteiger partial charge in [-0.2, -0.15) is 0 Å². The molecule has 0 saturated heterocycles. The molecule has 2 rings (SSSR count). The molecule has 0 radical (unpaired) electrons. The van der Waals surface area contributed by atoms with Crippen LogP contribution in [0, 0.1) is 0 Å². The van der Waals surface area contributed by atoms with E-state index in [0.717, 1.165) is 5.56 Å². The molecule has 1 N–H and O–H groups in total. The number of carbonyl (C=O) groups is 2. The van der Waals surface area contributed by atoms with Gasteiger partial charge in [-0.1, -0.05) is 0 Å². The highest BCUT2D eigenvalue weighted by Crippen LogP contribution is 2.40. The Morgan fingerprint density at radius 2 is 1.45 bits per heavy atom. The summed E-state index contributed by atoms with van der Waals surface area (Å²) < 4.78 is 26.4. The minimum atomic E-state index is -0.414. The fourth-order valence-corrected chi connectivity index (χ4v) is 2.96. The van der Waals surface area contributed by atoms with Gasteiger partial charge in [0, 0.05) is 30.8 Å². The van der Waals surface area contributed by atoms with Crippen LogP contribution < -0.4 is 29.0 Å². The molecule has 0 heterocycles. The standard InChI is InChI=1S/C22H28N2O7/c1-24(13-14-7-8-18(29-4)21(31-6)20(14)30-5)19(25)12-23-22(26)15-9-16(27-2)11-17(10-15)28-3/h7-11H,12-13H2,1-6H3,(H,23,26). The van der Waals surface area contributed by atoms with Crippen LogP contribution in [0.2, 0.25) is 0 Å². The minimum Gasteiger partial charge on any atom is -0.497 e. The normalized spacial score (nSPS) is 10.1. The van der Waals surface area contributed by atoms with E-state index in [9.17, 15) is 9.59 Å². The molecule has 0 aromatic heterocycles. The number of methoxy groups -OCH3 is 5. The highest BCUT2D eigenvalue weighted by Gasteiger charge is 2.19. The highest BCUT2D eigenvalue weighted by atomic mass is 16.5. The summed E-state index contributed by atoms with van der Waals surface area (Å²) >= 11 is 0. The third-order valence-electron chi connectivity index (χ3n) is 4.63. The van der Waals surface area contributed by atoms with E-state index >= 15 is 0 Å². The van der Waals surface area contributed by atoms with Gasteiger partial charge in [0.25, 0.3) is 5.91 Å². The summed E-state index contributed by atoms with van der Waals surface area (Å²) in [5.41, 5.74) is 1.06. The maximum atomic E-state index is 12.6. The van der Waals surface area contributed by atoms with Gasteiger partial charge in [-0.05, 0) is 24.3 Å². The van der Waals surface area contributed by atoms with Crippen molar-refractivity contribution in [2.45, 2.75) is 6.54 Å². The van der Waals surface area contributed by atoms with E-state index in [-0.39, 0.29) is 19.0 Å². The van der Waals surface area contributed by atoms with Gasteiger partial charge in [-0.3, -0.25) is 9.59 Å². The fourth-order valence-electron chi connectivity index (χ4n) is 2.96. The van der Waals surface area contributed by atoms with Crippen LogP contribution in [0.3, 0.4) is 0 Å². The Kier molecular flexibility index (Phi) is 8.36.